The molecule has 2 aliphatic carbocycles. The van der Waals surface area contributed by atoms with Gasteiger partial charge in [0.15, 0.2) is 0 Å². The van der Waals surface area contributed by atoms with Gasteiger partial charge in [0.25, 0.3) is 0 Å². The highest BCUT2D eigenvalue weighted by molar-refractivity contribution is 5.11. The van der Waals surface area contributed by atoms with Crippen molar-refractivity contribution >= 4 is 0 Å². The van der Waals surface area contributed by atoms with Gasteiger partial charge in [0, 0.05) is 0 Å². The SMILES string of the molecule is C1=CCC=C1.C1CCCCC1. The molecule has 1 fully saturated rings. The lowest BCUT2D eigenvalue weighted by Gasteiger charge is -2.05. The van der Waals surface area contributed by atoms with Gasteiger partial charge in [0.2, 0.25) is 0 Å². The van der Waals surface area contributed by atoms with Crippen LogP contribution in [-0.2, 0) is 0 Å². The van der Waals surface area contributed by atoms with Crippen LogP contribution in [0.3, 0.4) is 0 Å². The molecule has 0 nitrogen and oxygen atoms in total. The van der Waals surface area contributed by atoms with Crippen LogP contribution in [-0.4, -0.2) is 0 Å². The molecule has 0 aromatic heterocycles. The summed E-state index contributed by atoms with van der Waals surface area (Å²) in [4.78, 5) is 0. The lowest BCUT2D eigenvalue weighted by molar-refractivity contribution is 0.504. The van der Waals surface area contributed by atoms with E-state index in [-0.39, 0.29) is 0 Å². The quantitative estimate of drug-likeness (QED) is 0.492. The van der Waals surface area contributed by atoms with Crippen molar-refractivity contribution in [1.82, 2.24) is 0 Å². The van der Waals surface area contributed by atoms with Gasteiger partial charge in [-0.2, -0.15) is 0 Å². The van der Waals surface area contributed by atoms with E-state index in [0.717, 1.165) is 6.42 Å². The molecular formula is C11H18. The first-order chi connectivity index (χ1) is 5.50. The van der Waals surface area contributed by atoms with Gasteiger partial charge in [-0.3, -0.25) is 0 Å². The average Bonchev–Trinajstić information content (AvgIpc) is 2.64. The van der Waals surface area contributed by atoms with E-state index in [4.69, 9.17) is 0 Å². The van der Waals surface area contributed by atoms with E-state index in [2.05, 4.69) is 24.3 Å². The van der Waals surface area contributed by atoms with Gasteiger partial charge in [-0.05, 0) is 6.42 Å². The minimum atomic E-state index is 1.14. The smallest absolute Gasteiger partial charge is 0.0163 e. The van der Waals surface area contributed by atoms with Crippen LogP contribution in [0.4, 0.5) is 0 Å². The normalized spacial score (nSPS) is 21.1. The molecular weight excluding hydrogens is 132 g/mol. The van der Waals surface area contributed by atoms with Gasteiger partial charge >= 0.3 is 0 Å². The van der Waals surface area contributed by atoms with Gasteiger partial charge in [0.05, 0.1) is 0 Å². The summed E-state index contributed by atoms with van der Waals surface area (Å²) in [5.41, 5.74) is 0. The molecule has 0 amide bonds. The first-order valence-corrected chi connectivity index (χ1v) is 4.82. The molecule has 62 valence electrons. The second-order valence-electron chi connectivity index (χ2n) is 3.21. The molecule has 2 rings (SSSR count). The predicted molar refractivity (Wildman–Crippen MR) is 50.6 cm³/mol. The summed E-state index contributed by atoms with van der Waals surface area (Å²) >= 11 is 0. The lowest BCUT2D eigenvalue weighted by atomic mass is 10.0. The van der Waals surface area contributed by atoms with Crippen LogP contribution in [0.25, 0.3) is 0 Å². The van der Waals surface area contributed by atoms with Crippen molar-refractivity contribution in [1.29, 1.82) is 0 Å². The van der Waals surface area contributed by atoms with E-state index >= 15 is 0 Å². The molecule has 0 aromatic rings. The zero-order valence-electron chi connectivity index (χ0n) is 7.26. The fourth-order valence-corrected chi connectivity index (χ4v) is 1.45. The minimum Gasteiger partial charge on any atom is -0.0808 e. The standard InChI is InChI=1S/C6H12.C5H6/c1-2-4-6-5-3-1;1-2-4-5-3-1/h1-6H2;1-4H,5H2. The predicted octanol–water partition coefficient (Wildman–Crippen LogP) is 3.84. The Morgan fingerprint density at radius 1 is 0.545 bits per heavy atom. The Morgan fingerprint density at radius 2 is 0.909 bits per heavy atom. The summed E-state index contributed by atoms with van der Waals surface area (Å²) in [6.45, 7) is 0. The van der Waals surface area contributed by atoms with Crippen molar-refractivity contribution in [3.63, 3.8) is 0 Å². The summed E-state index contributed by atoms with van der Waals surface area (Å²) in [6, 6.07) is 0. The maximum atomic E-state index is 2.12. The van der Waals surface area contributed by atoms with Crippen LogP contribution >= 0.6 is 0 Å². The molecule has 1 saturated carbocycles. The molecule has 0 radical (unpaired) electrons. The second kappa shape index (κ2) is 6.21. The number of hydrogen-bond acceptors (Lipinski definition) is 0. The highest BCUT2D eigenvalue weighted by Crippen LogP contribution is 2.15. The molecule has 0 unspecified atom stereocenters. The van der Waals surface area contributed by atoms with Gasteiger partial charge in [0.1, 0.15) is 0 Å². The zero-order chi connectivity index (χ0) is 7.78. The molecule has 11 heavy (non-hydrogen) atoms. The lowest BCUT2D eigenvalue weighted by Crippen LogP contribution is -1.85. The Labute approximate surface area is 70.0 Å². The van der Waals surface area contributed by atoms with Crippen molar-refractivity contribution in [2.24, 2.45) is 0 Å². The van der Waals surface area contributed by atoms with E-state index in [1.807, 2.05) is 0 Å². The van der Waals surface area contributed by atoms with E-state index in [0.29, 0.717) is 0 Å². The van der Waals surface area contributed by atoms with Crippen LogP contribution in [0.15, 0.2) is 24.3 Å². The van der Waals surface area contributed by atoms with E-state index in [1.165, 1.54) is 38.5 Å². The Morgan fingerprint density at radius 3 is 1.09 bits per heavy atom. The van der Waals surface area contributed by atoms with Crippen molar-refractivity contribution < 1.29 is 0 Å². The van der Waals surface area contributed by atoms with Crippen LogP contribution < -0.4 is 0 Å². The summed E-state index contributed by atoms with van der Waals surface area (Å²) in [5.74, 6) is 0. The maximum Gasteiger partial charge on any atom is -0.0163 e. The monoisotopic (exact) mass is 150 g/mol. The molecule has 0 aromatic carbocycles. The summed E-state index contributed by atoms with van der Waals surface area (Å²) in [5, 5.41) is 0. The molecule has 0 saturated heterocycles. The van der Waals surface area contributed by atoms with Crippen molar-refractivity contribution in [2.45, 2.75) is 44.9 Å². The van der Waals surface area contributed by atoms with Crippen LogP contribution in [0, 0.1) is 0 Å². The first-order valence-electron chi connectivity index (χ1n) is 4.82. The summed E-state index contributed by atoms with van der Waals surface area (Å²) in [7, 11) is 0. The largest absolute Gasteiger partial charge is 0.0808 e. The fraction of sp³-hybridized carbons (Fsp3) is 0.636. The molecule has 0 heterocycles. The third-order valence-electron chi connectivity index (χ3n) is 2.16. The molecule has 0 bridgehead atoms. The third-order valence-corrected chi connectivity index (χ3v) is 2.16. The van der Waals surface area contributed by atoms with Crippen molar-refractivity contribution in [3.05, 3.63) is 24.3 Å². The third kappa shape index (κ3) is 4.83. The van der Waals surface area contributed by atoms with Crippen LogP contribution in [0.2, 0.25) is 0 Å². The topological polar surface area (TPSA) is 0 Å². The van der Waals surface area contributed by atoms with Crippen molar-refractivity contribution in [3.8, 4) is 0 Å². The summed E-state index contributed by atoms with van der Waals surface area (Å²) < 4.78 is 0. The van der Waals surface area contributed by atoms with E-state index < -0.39 is 0 Å². The van der Waals surface area contributed by atoms with E-state index in [9.17, 15) is 0 Å². The average molecular weight is 150 g/mol. The number of rotatable bonds is 0. The molecule has 0 spiro atoms. The Hall–Kier alpha value is -0.520. The Bertz CT molecular complexity index is 105. The van der Waals surface area contributed by atoms with Gasteiger partial charge in [-0.15, -0.1) is 0 Å². The van der Waals surface area contributed by atoms with Gasteiger partial charge in [-0.25, -0.2) is 0 Å². The summed E-state index contributed by atoms with van der Waals surface area (Å²) in [6.07, 6.45) is 18.5. The van der Waals surface area contributed by atoms with E-state index in [1.54, 1.807) is 0 Å². The second-order valence-corrected chi connectivity index (χ2v) is 3.21. The number of hydrogen-bond donors (Lipinski definition) is 0. The van der Waals surface area contributed by atoms with Crippen LogP contribution in [0.1, 0.15) is 44.9 Å². The minimum absolute atomic E-state index is 1.14. The number of allylic oxidation sites excluding steroid dienone is 4. The molecule has 2 aliphatic rings. The maximum absolute atomic E-state index is 2.12. The molecule has 0 heteroatoms. The van der Waals surface area contributed by atoms with Crippen molar-refractivity contribution in [2.75, 3.05) is 0 Å². The van der Waals surface area contributed by atoms with Gasteiger partial charge in [-0.1, -0.05) is 62.8 Å². The highest BCUT2D eigenvalue weighted by Gasteiger charge is 1.95. The van der Waals surface area contributed by atoms with Gasteiger partial charge < -0.3 is 0 Å². The highest BCUT2D eigenvalue weighted by atomic mass is 14.0. The molecule has 0 N–H and O–H groups in total. The van der Waals surface area contributed by atoms with Crippen LogP contribution in [0.5, 0.6) is 0 Å². The molecule has 0 atom stereocenters. The fourth-order valence-electron chi connectivity index (χ4n) is 1.45. The molecule has 0 aliphatic heterocycles. The Kier molecular flexibility index (Phi) is 4.84. The first kappa shape index (κ1) is 8.58. The Balaban J connectivity index is 0.000000112. The zero-order valence-corrected chi connectivity index (χ0v) is 7.26.